The van der Waals surface area contributed by atoms with Gasteiger partial charge in [-0.25, -0.2) is 9.79 Å². The fourth-order valence-corrected chi connectivity index (χ4v) is 4.31. The van der Waals surface area contributed by atoms with Gasteiger partial charge in [-0.1, -0.05) is 27.7 Å². The maximum Gasteiger partial charge on any atom is 0.414 e. The standard InChI is InChI=1S/C25H31N5O10/c1-11(2)21(33)37-10-38-24(35)28-14-6-16(32)29-19-17-13(14)7-30(20(17)27-9-26-19)23-25(5,36)18(15(8-31)39-23)40-22(34)12(3)4/h6-7,9,11-12,15,18,23,31,36H,8,10H2,1-5H3,(H,28,35)(H,26,27,29,32). The molecule has 1 amide bonds. The predicted octanol–water partition coefficient (Wildman–Crippen LogP) is 1.40. The highest BCUT2D eigenvalue weighted by Gasteiger charge is 2.56. The number of rotatable bonds is 8. The number of ether oxygens (including phenoxy) is 4. The Morgan fingerprint density at radius 2 is 1.90 bits per heavy atom. The van der Waals surface area contributed by atoms with Crippen LogP contribution in [0.3, 0.4) is 0 Å². The molecule has 4 rings (SSSR count). The topological polar surface area (TPSA) is 200 Å². The molecule has 0 spiro atoms. The molecule has 15 nitrogen and oxygen atoms in total. The monoisotopic (exact) mass is 561 g/mol. The zero-order chi connectivity index (χ0) is 29.4. The molecule has 216 valence electrons. The van der Waals surface area contributed by atoms with Crippen LogP contribution in [0.15, 0.2) is 22.1 Å². The van der Waals surface area contributed by atoms with Crippen LogP contribution in [0.25, 0.3) is 10.8 Å². The Hall–Kier alpha value is -4.08. The summed E-state index contributed by atoms with van der Waals surface area (Å²) in [6.07, 6.45) is -1.76. The molecule has 4 N–H and O–H groups in total. The summed E-state index contributed by atoms with van der Waals surface area (Å²) in [6.45, 7) is 6.72. The molecule has 2 aliphatic heterocycles. The lowest BCUT2D eigenvalue weighted by atomic mass is 9.96. The molecule has 4 unspecified atom stereocenters. The first-order valence-electron chi connectivity index (χ1n) is 12.5. The summed E-state index contributed by atoms with van der Waals surface area (Å²) in [5, 5.41) is 27.3. The van der Waals surface area contributed by atoms with Crippen molar-refractivity contribution in [3.63, 3.8) is 0 Å². The van der Waals surface area contributed by atoms with Crippen LogP contribution in [0.2, 0.25) is 0 Å². The number of esters is 2. The zero-order valence-electron chi connectivity index (χ0n) is 22.5. The molecule has 4 atom stereocenters. The molecule has 0 aromatic carbocycles. The van der Waals surface area contributed by atoms with E-state index in [1.165, 1.54) is 24.0 Å². The quantitative estimate of drug-likeness (QED) is 0.267. The summed E-state index contributed by atoms with van der Waals surface area (Å²) < 4.78 is 22.7. The van der Waals surface area contributed by atoms with E-state index in [9.17, 15) is 29.4 Å². The zero-order valence-corrected chi connectivity index (χ0v) is 22.5. The summed E-state index contributed by atoms with van der Waals surface area (Å²) in [4.78, 5) is 57.3. The molecule has 2 aliphatic rings. The Bertz CT molecular complexity index is 1420. The van der Waals surface area contributed by atoms with Crippen molar-refractivity contribution in [1.29, 1.82) is 0 Å². The van der Waals surface area contributed by atoms with Gasteiger partial charge < -0.3 is 39.0 Å². The number of hydrogen-bond donors (Lipinski definition) is 4. The van der Waals surface area contributed by atoms with E-state index in [0.717, 1.165) is 6.07 Å². The molecule has 1 fully saturated rings. The van der Waals surface area contributed by atoms with Gasteiger partial charge >= 0.3 is 18.0 Å². The molecule has 2 aromatic heterocycles. The van der Waals surface area contributed by atoms with Gasteiger partial charge in [0.15, 0.2) is 12.3 Å². The number of aliphatic imine (C=N–C) groups is 1. The second-order valence-electron chi connectivity index (χ2n) is 10.1. The highest BCUT2D eigenvalue weighted by Crippen LogP contribution is 2.46. The van der Waals surface area contributed by atoms with Crippen LogP contribution in [0.1, 0.15) is 40.8 Å². The molecule has 4 heterocycles. The molecule has 0 saturated carbocycles. The van der Waals surface area contributed by atoms with E-state index in [2.05, 4.69) is 20.6 Å². The number of nitrogens with zero attached hydrogens (tertiary/aromatic N) is 3. The molecule has 2 aromatic rings. The molecule has 0 radical (unpaired) electrons. The average molecular weight is 562 g/mol. The molecular weight excluding hydrogens is 530 g/mol. The van der Waals surface area contributed by atoms with Crippen LogP contribution in [-0.4, -0.2) is 75.3 Å². The first kappa shape index (κ1) is 28.9. The van der Waals surface area contributed by atoms with E-state index in [1.54, 1.807) is 27.7 Å². The Morgan fingerprint density at radius 3 is 2.55 bits per heavy atom. The third kappa shape index (κ3) is 5.48. The molecule has 0 bridgehead atoms. The van der Waals surface area contributed by atoms with Crippen molar-refractivity contribution in [2.75, 3.05) is 24.0 Å². The second kappa shape index (κ2) is 11.2. The Morgan fingerprint density at radius 1 is 1.20 bits per heavy atom. The Kier molecular flexibility index (Phi) is 8.09. The lowest BCUT2D eigenvalue weighted by Gasteiger charge is -2.31. The van der Waals surface area contributed by atoms with Gasteiger partial charge in [0.25, 0.3) is 5.56 Å². The number of nitrogens with one attached hydrogen (secondary N) is 2. The third-order valence-electron chi connectivity index (χ3n) is 6.37. The van der Waals surface area contributed by atoms with Crippen LogP contribution in [0.5, 0.6) is 0 Å². The number of aromatic nitrogens is 2. The van der Waals surface area contributed by atoms with Crippen LogP contribution in [-0.2, 0) is 28.5 Å². The van der Waals surface area contributed by atoms with Gasteiger partial charge in [0.1, 0.15) is 23.3 Å². The minimum absolute atomic E-state index is 0.0167. The molecular formula is C25H31N5O10. The van der Waals surface area contributed by atoms with E-state index in [-0.39, 0.29) is 22.7 Å². The van der Waals surface area contributed by atoms with E-state index in [1.807, 2.05) is 0 Å². The van der Waals surface area contributed by atoms with Crippen molar-refractivity contribution in [1.82, 2.24) is 9.55 Å². The maximum absolute atomic E-state index is 12.5. The lowest BCUT2D eigenvalue weighted by molar-refractivity contribution is -0.167. The van der Waals surface area contributed by atoms with Gasteiger partial charge in [0.2, 0.25) is 6.79 Å². The second-order valence-corrected chi connectivity index (χ2v) is 10.1. The maximum atomic E-state index is 12.5. The van der Waals surface area contributed by atoms with Crippen molar-refractivity contribution < 1.29 is 43.5 Å². The van der Waals surface area contributed by atoms with E-state index < -0.39 is 72.9 Å². The van der Waals surface area contributed by atoms with E-state index in [0.29, 0.717) is 5.39 Å². The normalized spacial score (nSPS) is 23.3. The molecule has 15 heteroatoms. The largest absolute Gasteiger partial charge is 0.456 e. The van der Waals surface area contributed by atoms with Gasteiger partial charge in [0, 0.05) is 17.6 Å². The summed E-state index contributed by atoms with van der Waals surface area (Å²) >= 11 is 0. The summed E-state index contributed by atoms with van der Waals surface area (Å²) in [5.41, 5.74) is -2.55. The predicted molar refractivity (Wildman–Crippen MR) is 140 cm³/mol. The molecule has 1 saturated heterocycles. The smallest absolute Gasteiger partial charge is 0.414 e. The van der Waals surface area contributed by atoms with Crippen molar-refractivity contribution in [2.24, 2.45) is 16.8 Å². The number of carbonyl (C=O) groups excluding carboxylic acids is 3. The Labute approximate surface area is 228 Å². The number of aliphatic hydroxyl groups is 2. The number of amides is 1. The molecule has 40 heavy (non-hydrogen) atoms. The van der Waals surface area contributed by atoms with Gasteiger partial charge in [-0.15, -0.1) is 0 Å². The van der Waals surface area contributed by atoms with E-state index in [4.69, 9.17) is 18.9 Å². The van der Waals surface area contributed by atoms with Crippen LogP contribution < -0.4 is 16.2 Å². The fourth-order valence-electron chi connectivity index (χ4n) is 4.31. The van der Waals surface area contributed by atoms with Gasteiger partial charge in [0.05, 0.1) is 35.9 Å². The van der Waals surface area contributed by atoms with Crippen molar-refractivity contribution >= 4 is 52.5 Å². The van der Waals surface area contributed by atoms with Gasteiger partial charge in [-0.3, -0.25) is 19.7 Å². The summed E-state index contributed by atoms with van der Waals surface area (Å²) in [7, 11) is 0. The number of anilines is 2. The average Bonchev–Trinajstić information content (AvgIpc) is 3.33. The Balaban J connectivity index is 1.73. The van der Waals surface area contributed by atoms with Crippen LogP contribution in [0, 0.1) is 11.8 Å². The minimum atomic E-state index is -1.84. The van der Waals surface area contributed by atoms with Crippen molar-refractivity contribution in [2.45, 2.75) is 58.7 Å². The summed E-state index contributed by atoms with van der Waals surface area (Å²) in [5.74, 6) is -1.73. The van der Waals surface area contributed by atoms with Crippen LogP contribution in [0.4, 0.5) is 22.1 Å². The fraction of sp³-hybridized carbons (Fsp3) is 0.520. The highest BCUT2D eigenvalue weighted by molar-refractivity contribution is 6.12. The third-order valence-corrected chi connectivity index (χ3v) is 6.37. The van der Waals surface area contributed by atoms with Gasteiger partial charge in [-0.2, -0.15) is 4.98 Å². The minimum Gasteiger partial charge on any atom is -0.456 e. The first-order chi connectivity index (χ1) is 18.8. The lowest BCUT2D eigenvalue weighted by Crippen LogP contribution is -2.47. The van der Waals surface area contributed by atoms with Crippen molar-refractivity contribution in [3.05, 3.63) is 22.6 Å². The summed E-state index contributed by atoms with van der Waals surface area (Å²) in [6, 6.07) is 1.06. The number of hydrogen-bond acceptors (Lipinski definition) is 13. The van der Waals surface area contributed by atoms with Gasteiger partial charge in [-0.05, 0) is 6.92 Å². The van der Waals surface area contributed by atoms with Crippen molar-refractivity contribution in [3.8, 4) is 0 Å². The highest BCUT2D eigenvalue weighted by atomic mass is 16.7. The first-order valence-corrected chi connectivity index (χ1v) is 12.5. The number of aliphatic hydroxyl groups excluding tert-OH is 1. The number of carbonyl (C=O) groups is 3. The van der Waals surface area contributed by atoms with E-state index >= 15 is 0 Å². The molecule has 0 aliphatic carbocycles. The SMILES string of the molecule is CC(C)C(=O)OCOC(=O)Nc1cc(=O)nc2c3c(n(C4OC(CO)C(OC(=O)C(C)C)C4(C)O)cc13)N=CN2. The van der Waals surface area contributed by atoms with Crippen LogP contribution >= 0.6 is 0 Å².